The van der Waals surface area contributed by atoms with Crippen molar-refractivity contribution in [2.75, 3.05) is 5.75 Å². The highest BCUT2D eigenvalue weighted by Crippen LogP contribution is 2.38. The summed E-state index contributed by atoms with van der Waals surface area (Å²) in [5.74, 6) is 1.27. The Labute approximate surface area is 160 Å². The summed E-state index contributed by atoms with van der Waals surface area (Å²) < 4.78 is 1.98. The molecule has 1 aromatic carbocycles. The number of aryl methyl sites for hydroxylation is 1. The maximum atomic E-state index is 11.9. The molecular weight excluding hydrogens is 364 g/mol. The van der Waals surface area contributed by atoms with Crippen molar-refractivity contribution in [3.63, 3.8) is 0 Å². The van der Waals surface area contributed by atoms with Crippen LogP contribution < -0.4 is 5.32 Å². The second-order valence-electron chi connectivity index (χ2n) is 6.44. The van der Waals surface area contributed by atoms with E-state index < -0.39 is 0 Å². The zero-order valence-corrected chi connectivity index (χ0v) is 16.4. The Morgan fingerprint density at radius 1 is 1.31 bits per heavy atom. The first-order valence-corrected chi connectivity index (χ1v) is 10.5. The van der Waals surface area contributed by atoms with E-state index in [1.165, 1.54) is 27.8 Å². The standard InChI is InChI=1S/C19H20N4OS2/c1-12-17(13-6-4-3-5-7-13)15(10-25-12)18-21-22-19(23(18)2)26-11-16(24)20-14-8-9-14/h3-7,10,14H,8-9,11H2,1-2H3,(H,20,24). The SMILES string of the molecule is Cc1scc(-c2nnc(SCC(=O)NC3CC3)n2C)c1-c1ccccc1. The molecule has 7 heteroatoms. The minimum absolute atomic E-state index is 0.0680. The van der Waals surface area contributed by atoms with Crippen molar-refractivity contribution in [3.8, 4) is 22.5 Å². The van der Waals surface area contributed by atoms with E-state index in [2.05, 4.69) is 40.0 Å². The minimum atomic E-state index is 0.0680. The van der Waals surface area contributed by atoms with E-state index in [0.29, 0.717) is 11.8 Å². The molecule has 0 bridgehead atoms. The van der Waals surface area contributed by atoms with E-state index in [-0.39, 0.29) is 5.91 Å². The van der Waals surface area contributed by atoms with Crippen LogP contribution >= 0.6 is 23.1 Å². The summed E-state index contributed by atoms with van der Waals surface area (Å²) in [6.45, 7) is 2.13. The fraction of sp³-hybridized carbons (Fsp3) is 0.316. The van der Waals surface area contributed by atoms with Crippen molar-refractivity contribution >= 4 is 29.0 Å². The number of hydrogen-bond donors (Lipinski definition) is 1. The van der Waals surface area contributed by atoms with Crippen molar-refractivity contribution in [3.05, 3.63) is 40.6 Å². The predicted octanol–water partition coefficient (Wildman–Crippen LogP) is 3.89. The molecule has 1 N–H and O–H groups in total. The first kappa shape index (κ1) is 17.3. The average Bonchev–Trinajstić information content (AvgIpc) is 3.26. The van der Waals surface area contributed by atoms with Crippen LogP contribution in [0, 0.1) is 6.92 Å². The van der Waals surface area contributed by atoms with Gasteiger partial charge in [-0.1, -0.05) is 42.1 Å². The molecule has 3 aromatic rings. The van der Waals surface area contributed by atoms with Crippen LogP contribution in [0.4, 0.5) is 0 Å². The molecule has 0 unspecified atom stereocenters. The van der Waals surface area contributed by atoms with Gasteiger partial charge in [0, 0.05) is 34.5 Å². The van der Waals surface area contributed by atoms with Crippen LogP contribution in [0.5, 0.6) is 0 Å². The van der Waals surface area contributed by atoms with E-state index in [9.17, 15) is 4.79 Å². The summed E-state index contributed by atoms with van der Waals surface area (Å²) in [6.07, 6.45) is 2.20. The van der Waals surface area contributed by atoms with Crippen molar-refractivity contribution in [2.45, 2.75) is 31.0 Å². The molecule has 0 spiro atoms. The number of aromatic nitrogens is 3. The average molecular weight is 385 g/mol. The van der Waals surface area contributed by atoms with Crippen LogP contribution in [0.25, 0.3) is 22.5 Å². The fourth-order valence-corrected chi connectivity index (χ4v) is 4.47. The first-order chi connectivity index (χ1) is 12.6. The number of nitrogens with zero attached hydrogens (tertiary/aromatic N) is 3. The maximum absolute atomic E-state index is 11.9. The normalized spacial score (nSPS) is 13.8. The van der Waals surface area contributed by atoms with Crippen molar-refractivity contribution in [1.29, 1.82) is 0 Å². The molecule has 1 saturated carbocycles. The molecule has 4 rings (SSSR count). The Bertz CT molecular complexity index is 928. The van der Waals surface area contributed by atoms with Gasteiger partial charge in [-0.15, -0.1) is 21.5 Å². The molecule has 2 aromatic heterocycles. The third-order valence-corrected chi connectivity index (χ3v) is 6.32. The Hall–Kier alpha value is -2.12. The van der Waals surface area contributed by atoms with Gasteiger partial charge in [-0.3, -0.25) is 4.79 Å². The third-order valence-electron chi connectivity index (χ3n) is 4.39. The molecule has 1 amide bonds. The van der Waals surface area contributed by atoms with Gasteiger partial charge in [-0.05, 0) is 25.3 Å². The molecule has 0 radical (unpaired) electrons. The third kappa shape index (κ3) is 3.54. The Morgan fingerprint density at radius 3 is 2.81 bits per heavy atom. The number of hydrogen-bond acceptors (Lipinski definition) is 5. The number of carbonyl (C=O) groups excluding carboxylic acids is 1. The minimum Gasteiger partial charge on any atom is -0.353 e. The molecule has 134 valence electrons. The summed E-state index contributed by atoms with van der Waals surface area (Å²) in [7, 11) is 1.96. The lowest BCUT2D eigenvalue weighted by atomic mass is 10.0. The van der Waals surface area contributed by atoms with Gasteiger partial charge in [0.15, 0.2) is 11.0 Å². The summed E-state index contributed by atoms with van der Waals surface area (Å²) in [5.41, 5.74) is 3.47. The molecule has 1 fully saturated rings. The maximum Gasteiger partial charge on any atom is 0.230 e. The monoisotopic (exact) mass is 384 g/mol. The first-order valence-electron chi connectivity index (χ1n) is 8.59. The van der Waals surface area contributed by atoms with Gasteiger partial charge in [-0.25, -0.2) is 0 Å². The van der Waals surface area contributed by atoms with Crippen molar-refractivity contribution in [1.82, 2.24) is 20.1 Å². The van der Waals surface area contributed by atoms with Crippen LogP contribution in [0.1, 0.15) is 17.7 Å². The van der Waals surface area contributed by atoms with Gasteiger partial charge >= 0.3 is 0 Å². The number of rotatable bonds is 6. The van der Waals surface area contributed by atoms with E-state index >= 15 is 0 Å². The van der Waals surface area contributed by atoms with Gasteiger partial charge in [0.2, 0.25) is 5.91 Å². The van der Waals surface area contributed by atoms with Crippen molar-refractivity contribution < 1.29 is 4.79 Å². The number of amides is 1. The number of benzene rings is 1. The second kappa shape index (κ2) is 7.25. The van der Waals surface area contributed by atoms with E-state index in [0.717, 1.165) is 29.4 Å². The predicted molar refractivity (Wildman–Crippen MR) is 106 cm³/mol. The highest BCUT2D eigenvalue weighted by atomic mass is 32.2. The van der Waals surface area contributed by atoms with Crippen LogP contribution in [-0.4, -0.2) is 32.5 Å². The molecule has 1 aliphatic rings. The van der Waals surface area contributed by atoms with Crippen LogP contribution in [0.2, 0.25) is 0 Å². The van der Waals surface area contributed by atoms with Crippen LogP contribution in [0.15, 0.2) is 40.9 Å². The molecule has 26 heavy (non-hydrogen) atoms. The van der Waals surface area contributed by atoms with Gasteiger partial charge in [0.05, 0.1) is 5.75 Å². The fourth-order valence-electron chi connectivity index (χ4n) is 2.89. The smallest absolute Gasteiger partial charge is 0.230 e. The van der Waals surface area contributed by atoms with Crippen LogP contribution in [-0.2, 0) is 11.8 Å². The summed E-state index contributed by atoms with van der Waals surface area (Å²) in [6, 6.07) is 10.7. The van der Waals surface area contributed by atoms with Gasteiger partial charge in [0.1, 0.15) is 0 Å². The van der Waals surface area contributed by atoms with E-state index in [4.69, 9.17) is 0 Å². The van der Waals surface area contributed by atoms with Gasteiger partial charge in [0.25, 0.3) is 0 Å². The number of thiophene rings is 1. The lowest BCUT2D eigenvalue weighted by Crippen LogP contribution is -2.27. The van der Waals surface area contributed by atoms with Gasteiger partial charge < -0.3 is 9.88 Å². The molecule has 2 heterocycles. The summed E-state index contributed by atoms with van der Waals surface area (Å²) >= 11 is 3.15. The molecule has 0 saturated heterocycles. The molecule has 1 aliphatic carbocycles. The Kier molecular flexibility index (Phi) is 4.82. The number of nitrogens with one attached hydrogen (secondary N) is 1. The molecule has 0 atom stereocenters. The van der Waals surface area contributed by atoms with E-state index in [1.807, 2.05) is 29.8 Å². The Morgan fingerprint density at radius 2 is 2.08 bits per heavy atom. The topological polar surface area (TPSA) is 59.8 Å². The summed E-state index contributed by atoms with van der Waals surface area (Å²) in [4.78, 5) is 13.2. The van der Waals surface area contributed by atoms with Crippen LogP contribution in [0.3, 0.4) is 0 Å². The lowest BCUT2D eigenvalue weighted by molar-refractivity contribution is -0.118. The zero-order chi connectivity index (χ0) is 18.1. The molecular formula is C19H20N4OS2. The highest BCUT2D eigenvalue weighted by molar-refractivity contribution is 7.99. The van der Waals surface area contributed by atoms with Gasteiger partial charge in [-0.2, -0.15) is 0 Å². The second-order valence-corrected chi connectivity index (χ2v) is 8.47. The molecule has 0 aliphatic heterocycles. The van der Waals surface area contributed by atoms with Crippen molar-refractivity contribution in [2.24, 2.45) is 7.05 Å². The number of thioether (sulfide) groups is 1. The Balaban J connectivity index is 1.57. The quantitative estimate of drug-likeness (QED) is 0.655. The zero-order valence-electron chi connectivity index (χ0n) is 14.7. The lowest BCUT2D eigenvalue weighted by Gasteiger charge is -2.07. The molecule has 5 nitrogen and oxygen atoms in total. The summed E-state index contributed by atoms with van der Waals surface area (Å²) in [5, 5.41) is 14.6. The highest BCUT2D eigenvalue weighted by Gasteiger charge is 2.24. The largest absolute Gasteiger partial charge is 0.353 e. The number of carbonyl (C=O) groups is 1. The van der Waals surface area contributed by atoms with E-state index in [1.54, 1.807) is 11.3 Å².